The third-order valence-corrected chi connectivity index (χ3v) is 1.05. The predicted molar refractivity (Wildman–Crippen MR) is 35.6 cm³/mol. The molecular weight excluding hydrogens is 119 g/mol. The van der Waals surface area contributed by atoms with Gasteiger partial charge >= 0.3 is 7.32 Å². The summed E-state index contributed by atoms with van der Waals surface area (Å²) >= 11 is 0. The lowest BCUT2D eigenvalue weighted by Crippen LogP contribution is -2.23. The standard InChI is InChI=1S/C5H13BO3/c1-3-4-5(2)9-6(7)8/h5,7-8H,3-4H2,1-2H3. The van der Waals surface area contributed by atoms with Gasteiger partial charge in [-0.2, -0.15) is 0 Å². The zero-order valence-corrected chi connectivity index (χ0v) is 5.87. The highest BCUT2D eigenvalue weighted by Gasteiger charge is 2.12. The zero-order valence-electron chi connectivity index (χ0n) is 5.87. The van der Waals surface area contributed by atoms with Crippen molar-refractivity contribution in [3.05, 3.63) is 0 Å². The van der Waals surface area contributed by atoms with Crippen molar-refractivity contribution in [1.29, 1.82) is 0 Å². The van der Waals surface area contributed by atoms with E-state index in [0.717, 1.165) is 12.8 Å². The summed E-state index contributed by atoms with van der Waals surface area (Å²) in [5.74, 6) is 0. The van der Waals surface area contributed by atoms with Gasteiger partial charge in [0, 0.05) is 6.10 Å². The van der Waals surface area contributed by atoms with Crippen LogP contribution in [0.25, 0.3) is 0 Å². The van der Waals surface area contributed by atoms with Crippen LogP contribution in [0.1, 0.15) is 26.7 Å². The fourth-order valence-corrected chi connectivity index (χ4v) is 0.682. The topological polar surface area (TPSA) is 49.7 Å². The third-order valence-electron chi connectivity index (χ3n) is 1.05. The molecule has 0 aliphatic heterocycles. The fraction of sp³-hybridized carbons (Fsp3) is 1.00. The largest absolute Gasteiger partial charge is 0.634 e. The molecule has 0 aromatic rings. The molecule has 3 nitrogen and oxygen atoms in total. The van der Waals surface area contributed by atoms with E-state index in [1.54, 1.807) is 0 Å². The molecule has 4 heteroatoms. The van der Waals surface area contributed by atoms with Crippen LogP contribution in [0.4, 0.5) is 0 Å². The van der Waals surface area contributed by atoms with Crippen molar-refractivity contribution in [2.24, 2.45) is 0 Å². The highest BCUT2D eigenvalue weighted by molar-refractivity contribution is 6.32. The van der Waals surface area contributed by atoms with E-state index in [-0.39, 0.29) is 6.10 Å². The van der Waals surface area contributed by atoms with Crippen LogP contribution in [0.5, 0.6) is 0 Å². The molecule has 0 aliphatic rings. The highest BCUT2D eigenvalue weighted by atomic mass is 16.6. The zero-order chi connectivity index (χ0) is 7.28. The SMILES string of the molecule is CCCC(C)OB(O)O. The Morgan fingerprint density at radius 1 is 1.56 bits per heavy atom. The summed E-state index contributed by atoms with van der Waals surface area (Å²) < 4.78 is 4.60. The Bertz CT molecular complexity index is 67.2. The van der Waals surface area contributed by atoms with E-state index in [2.05, 4.69) is 4.65 Å². The monoisotopic (exact) mass is 132 g/mol. The lowest BCUT2D eigenvalue weighted by Gasteiger charge is -2.09. The van der Waals surface area contributed by atoms with E-state index in [9.17, 15) is 0 Å². The quantitative estimate of drug-likeness (QED) is 0.535. The van der Waals surface area contributed by atoms with Crippen LogP contribution < -0.4 is 0 Å². The maximum atomic E-state index is 8.28. The Morgan fingerprint density at radius 3 is 2.44 bits per heavy atom. The first-order valence-corrected chi connectivity index (χ1v) is 3.18. The minimum atomic E-state index is -1.62. The van der Waals surface area contributed by atoms with Crippen molar-refractivity contribution in [1.82, 2.24) is 0 Å². The number of rotatable bonds is 4. The highest BCUT2D eigenvalue weighted by Crippen LogP contribution is 1.99. The van der Waals surface area contributed by atoms with Crippen molar-refractivity contribution < 1.29 is 14.7 Å². The van der Waals surface area contributed by atoms with Crippen LogP contribution >= 0.6 is 0 Å². The predicted octanol–water partition coefficient (Wildman–Crippen LogP) is 0.161. The van der Waals surface area contributed by atoms with Gasteiger partial charge in [0.1, 0.15) is 0 Å². The van der Waals surface area contributed by atoms with Crippen molar-refractivity contribution >= 4 is 7.32 Å². The first-order valence-electron chi connectivity index (χ1n) is 3.18. The Labute approximate surface area is 55.8 Å². The van der Waals surface area contributed by atoms with E-state index in [0.29, 0.717) is 0 Å². The lowest BCUT2D eigenvalue weighted by atomic mass is 10.2. The molecule has 1 atom stereocenters. The van der Waals surface area contributed by atoms with Crippen LogP contribution in [0.15, 0.2) is 0 Å². The Hall–Kier alpha value is -0.0551. The maximum Gasteiger partial charge on any atom is 0.634 e. The smallest absolute Gasteiger partial charge is 0.402 e. The Morgan fingerprint density at radius 2 is 2.11 bits per heavy atom. The summed E-state index contributed by atoms with van der Waals surface area (Å²) in [5, 5.41) is 16.6. The first kappa shape index (κ1) is 8.94. The van der Waals surface area contributed by atoms with Gasteiger partial charge in [0.25, 0.3) is 0 Å². The van der Waals surface area contributed by atoms with Crippen molar-refractivity contribution in [2.45, 2.75) is 32.8 Å². The summed E-state index contributed by atoms with van der Waals surface area (Å²) in [6.45, 7) is 3.83. The van der Waals surface area contributed by atoms with Gasteiger partial charge in [-0.05, 0) is 13.3 Å². The maximum absolute atomic E-state index is 8.28. The molecule has 0 aliphatic carbocycles. The molecule has 0 aromatic carbocycles. The molecule has 54 valence electrons. The third kappa shape index (κ3) is 5.82. The fourth-order valence-electron chi connectivity index (χ4n) is 0.682. The van der Waals surface area contributed by atoms with Crippen LogP contribution in [0.2, 0.25) is 0 Å². The molecule has 0 saturated heterocycles. The molecule has 0 spiro atoms. The Kier molecular flexibility index (Phi) is 4.76. The van der Waals surface area contributed by atoms with Crippen LogP contribution in [-0.2, 0) is 4.65 Å². The summed E-state index contributed by atoms with van der Waals surface area (Å²) in [4.78, 5) is 0. The van der Waals surface area contributed by atoms with E-state index < -0.39 is 7.32 Å². The van der Waals surface area contributed by atoms with Gasteiger partial charge in [0.2, 0.25) is 0 Å². The summed E-state index contributed by atoms with van der Waals surface area (Å²) in [6, 6.07) is 0. The van der Waals surface area contributed by atoms with E-state index in [1.165, 1.54) is 0 Å². The Balaban J connectivity index is 3.15. The molecule has 0 saturated carbocycles. The minimum absolute atomic E-state index is 0.0602. The van der Waals surface area contributed by atoms with Crippen molar-refractivity contribution in [3.63, 3.8) is 0 Å². The number of hydrogen-bond acceptors (Lipinski definition) is 3. The average molecular weight is 132 g/mol. The molecule has 0 rings (SSSR count). The molecular formula is C5H13BO3. The van der Waals surface area contributed by atoms with E-state index in [4.69, 9.17) is 10.0 Å². The second-order valence-electron chi connectivity index (χ2n) is 2.06. The molecule has 0 aromatic heterocycles. The molecule has 1 unspecified atom stereocenters. The van der Waals surface area contributed by atoms with Crippen molar-refractivity contribution in [3.8, 4) is 0 Å². The summed E-state index contributed by atoms with van der Waals surface area (Å²) in [5.41, 5.74) is 0. The first-order chi connectivity index (χ1) is 4.16. The molecule has 0 bridgehead atoms. The van der Waals surface area contributed by atoms with Crippen molar-refractivity contribution in [2.75, 3.05) is 0 Å². The molecule has 0 amide bonds. The number of hydrogen-bond donors (Lipinski definition) is 2. The normalized spacial score (nSPS) is 13.3. The van der Waals surface area contributed by atoms with Gasteiger partial charge in [-0.15, -0.1) is 0 Å². The molecule has 2 N–H and O–H groups in total. The second-order valence-corrected chi connectivity index (χ2v) is 2.06. The van der Waals surface area contributed by atoms with Gasteiger partial charge in [0.05, 0.1) is 0 Å². The van der Waals surface area contributed by atoms with E-state index in [1.807, 2.05) is 13.8 Å². The van der Waals surface area contributed by atoms with E-state index >= 15 is 0 Å². The van der Waals surface area contributed by atoms with Crippen LogP contribution in [0.3, 0.4) is 0 Å². The van der Waals surface area contributed by atoms with Gasteiger partial charge in [-0.25, -0.2) is 0 Å². The van der Waals surface area contributed by atoms with Crippen LogP contribution in [-0.4, -0.2) is 23.5 Å². The molecule has 0 radical (unpaired) electrons. The van der Waals surface area contributed by atoms with Crippen LogP contribution in [0, 0.1) is 0 Å². The minimum Gasteiger partial charge on any atom is -0.402 e. The molecule has 0 fully saturated rings. The van der Waals surface area contributed by atoms with Gasteiger partial charge < -0.3 is 14.7 Å². The summed E-state index contributed by atoms with van der Waals surface area (Å²) in [7, 11) is -1.62. The van der Waals surface area contributed by atoms with Gasteiger partial charge in [-0.1, -0.05) is 13.3 Å². The van der Waals surface area contributed by atoms with Gasteiger partial charge in [0.15, 0.2) is 0 Å². The lowest BCUT2D eigenvalue weighted by molar-refractivity contribution is 0.123. The second kappa shape index (κ2) is 4.79. The summed E-state index contributed by atoms with van der Waals surface area (Å²) in [6.07, 6.45) is 1.79. The molecule has 0 heterocycles. The van der Waals surface area contributed by atoms with Gasteiger partial charge in [-0.3, -0.25) is 0 Å². The average Bonchev–Trinajstić information content (AvgIpc) is 1.63. The molecule has 9 heavy (non-hydrogen) atoms.